The third-order valence-corrected chi connectivity index (χ3v) is 3.28. The fourth-order valence-electron chi connectivity index (χ4n) is 2.08. The molecule has 1 amide bonds. The van der Waals surface area contributed by atoms with Gasteiger partial charge >= 0.3 is 5.88 Å². The second-order valence-corrected chi connectivity index (χ2v) is 4.99. The maximum atomic E-state index is 11.9. The van der Waals surface area contributed by atoms with Crippen LogP contribution in [0.25, 0.3) is 0 Å². The van der Waals surface area contributed by atoms with Crippen LogP contribution in [0.2, 0.25) is 0 Å². The van der Waals surface area contributed by atoms with E-state index in [-0.39, 0.29) is 12.3 Å². The van der Waals surface area contributed by atoms with Crippen molar-refractivity contribution >= 4 is 11.8 Å². The molecule has 9 heteroatoms. The number of rotatable bonds is 6. The van der Waals surface area contributed by atoms with E-state index < -0.39 is 16.7 Å². The molecule has 1 aromatic carbocycles. The molecule has 0 atom stereocenters. The third-order valence-electron chi connectivity index (χ3n) is 3.28. The van der Waals surface area contributed by atoms with Crippen molar-refractivity contribution in [3.8, 4) is 0 Å². The molecule has 0 aliphatic rings. The van der Waals surface area contributed by atoms with Gasteiger partial charge in [0, 0.05) is 6.54 Å². The summed E-state index contributed by atoms with van der Waals surface area (Å²) >= 11 is 0. The van der Waals surface area contributed by atoms with Gasteiger partial charge in [-0.05, 0) is 17.2 Å². The maximum absolute atomic E-state index is 11.9. The lowest BCUT2D eigenvalue weighted by Gasteiger charge is -2.05. The predicted octanol–water partition coefficient (Wildman–Crippen LogP) is 1.76. The second kappa shape index (κ2) is 6.73. The summed E-state index contributed by atoms with van der Waals surface area (Å²) < 4.78 is 6.56. The van der Waals surface area contributed by atoms with Gasteiger partial charge in [0.05, 0.1) is 12.6 Å². The summed E-state index contributed by atoms with van der Waals surface area (Å²) in [6, 6.07) is 10.1. The number of benzene rings is 1. The molecule has 0 saturated heterocycles. The van der Waals surface area contributed by atoms with E-state index in [1.54, 1.807) is 11.0 Å². The van der Waals surface area contributed by atoms with Crippen LogP contribution in [0, 0.1) is 10.1 Å². The van der Waals surface area contributed by atoms with Crippen LogP contribution in [0.15, 0.2) is 53.5 Å². The molecule has 3 aromatic rings. The van der Waals surface area contributed by atoms with E-state index in [4.69, 9.17) is 4.42 Å². The molecule has 0 saturated carbocycles. The number of furan rings is 1. The Balaban J connectivity index is 1.55. The first-order valence-electron chi connectivity index (χ1n) is 7.04. The highest BCUT2D eigenvalue weighted by atomic mass is 16.6. The Morgan fingerprint density at radius 2 is 1.96 bits per heavy atom. The summed E-state index contributed by atoms with van der Waals surface area (Å²) in [5.74, 6) is -1.06. The zero-order valence-electron chi connectivity index (χ0n) is 12.5. The van der Waals surface area contributed by atoms with Gasteiger partial charge in [-0.25, -0.2) is 9.67 Å². The largest absolute Gasteiger partial charge is 0.433 e. The molecule has 0 unspecified atom stereocenters. The number of nitro groups is 1. The minimum atomic E-state index is -0.690. The van der Waals surface area contributed by atoms with Crippen molar-refractivity contribution in [1.29, 1.82) is 0 Å². The number of carbonyl (C=O) groups is 1. The predicted molar refractivity (Wildman–Crippen MR) is 82.1 cm³/mol. The van der Waals surface area contributed by atoms with Gasteiger partial charge in [0.25, 0.3) is 5.91 Å². The molecule has 24 heavy (non-hydrogen) atoms. The molecule has 2 heterocycles. The van der Waals surface area contributed by atoms with Gasteiger partial charge in [-0.3, -0.25) is 14.9 Å². The van der Waals surface area contributed by atoms with E-state index in [0.29, 0.717) is 6.54 Å². The van der Waals surface area contributed by atoms with Crippen LogP contribution in [0.3, 0.4) is 0 Å². The van der Waals surface area contributed by atoms with Crippen LogP contribution < -0.4 is 5.32 Å². The fraction of sp³-hybridized carbons (Fsp3) is 0.133. The van der Waals surface area contributed by atoms with Gasteiger partial charge in [-0.1, -0.05) is 24.3 Å². The topological polar surface area (TPSA) is 116 Å². The number of nitrogens with one attached hydrogen (secondary N) is 1. The summed E-state index contributed by atoms with van der Waals surface area (Å²) in [7, 11) is 0. The van der Waals surface area contributed by atoms with E-state index in [9.17, 15) is 14.9 Å². The Morgan fingerprint density at radius 3 is 2.58 bits per heavy atom. The molecule has 122 valence electrons. The van der Waals surface area contributed by atoms with Gasteiger partial charge in [-0.15, -0.1) is 0 Å². The highest BCUT2D eigenvalue weighted by Gasteiger charge is 2.16. The normalized spacial score (nSPS) is 10.5. The summed E-state index contributed by atoms with van der Waals surface area (Å²) in [5.41, 5.74) is 1.95. The molecule has 2 aromatic heterocycles. The quantitative estimate of drug-likeness (QED) is 0.544. The number of amides is 1. The zero-order chi connectivity index (χ0) is 16.9. The molecule has 0 spiro atoms. The lowest BCUT2D eigenvalue weighted by atomic mass is 10.1. The summed E-state index contributed by atoms with van der Waals surface area (Å²) in [6.45, 7) is 0.902. The highest BCUT2D eigenvalue weighted by molar-refractivity contribution is 5.91. The number of nitrogens with zero attached hydrogens (tertiary/aromatic N) is 4. The number of aromatic nitrogens is 3. The summed E-state index contributed by atoms with van der Waals surface area (Å²) in [4.78, 5) is 25.6. The number of hydrogen-bond acceptors (Lipinski definition) is 6. The molecular formula is C15H13N5O4. The number of hydrogen-bond donors (Lipinski definition) is 1. The second-order valence-electron chi connectivity index (χ2n) is 4.99. The Kier molecular flexibility index (Phi) is 4.32. The van der Waals surface area contributed by atoms with Gasteiger partial charge in [-0.2, -0.15) is 5.10 Å². The summed E-state index contributed by atoms with van der Waals surface area (Å²) in [6.07, 6.45) is 3.11. The lowest BCUT2D eigenvalue weighted by molar-refractivity contribution is -0.402. The minimum absolute atomic E-state index is 0.0931. The van der Waals surface area contributed by atoms with Crippen LogP contribution in [0.5, 0.6) is 0 Å². The Hall–Kier alpha value is -3.49. The van der Waals surface area contributed by atoms with Crippen molar-refractivity contribution < 1.29 is 14.1 Å². The highest BCUT2D eigenvalue weighted by Crippen LogP contribution is 2.15. The Labute approximate surface area is 136 Å². The maximum Gasteiger partial charge on any atom is 0.433 e. The smallest absolute Gasteiger partial charge is 0.395 e. The molecule has 0 radical (unpaired) electrons. The molecule has 1 N–H and O–H groups in total. The van der Waals surface area contributed by atoms with Crippen molar-refractivity contribution in [2.24, 2.45) is 0 Å². The zero-order valence-corrected chi connectivity index (χ0v) is 12.5. The van der Waals surface area contributed by atoms with Crippen molar-refractivity contribution in [3.05, 3.63) is 76.1 Å². The standard InChI is InChI=1S/C15H13N5O4/c21-15(13-5-6-14(24-13)20(22)23)17-7-11-1-3-12(4-2-11)8-19-10-16-9-18-19/h1-6,9-10H,7-8H2,(H,17,21). The Bertz CT molecular complexity index is 839. The molecule has 0 bridgehead atoms. The van der Waals surface area contributed by atoms with Gasteiger partial charge in [0.15, 0.2) is 5.76 Å². The average molecular weight is 327 g/mol. The van der Waals surface area contributed by atoms with E-state index >= 15 is 0 Å². The van der Waals surface area contributed by atoms with Crippen LogP contribution in [-0.4, -0.2) is 25.6 Å². The first-order chi connectivity index (χ1) is 11.6. The summed E-state index contributed by atoms with van der Waals surface area (Å²) in [5, 5.41) is 17.2. The van der Waals surface area contributed by atoms with Crippen molar-refractivity contribution in [2.45, 2.75) is 13.1 Å². The van der Waals surface area contributed by atoms with Crippen molar-refractivity contribution in [3.63, 3.8) is 0 Å². The average Bonchev–Trinajstić information content (AvgIpc) is 3.25. The minimum Gasteiger partial charge on any atom is -0.395 e. The SMILES string of the molecule is O=C(NCc1ccc(Cn2cncn2)cc1)c1ccc([N+](=O)[O-])o1. The lowest BCUT2D eigenvalue weighted by Crippen LogP contribution is -2.22. The van der Waals surface area contributed by atoms with E-state index in [0.717, 1.165) is 17.2 Å². The molecular weight excluding hydrogens is 314 g/mol. The van der Waals surface area contributed by atoms with Crippen LogP contribution in [0.1, 0.15) is 21.7 Å². The fourth-order valence-corrected chi connectivity index (χ4v) is 2.08. The first kappa shape index (κ1) is 15.4. The number of carbonyl (C=O) groups excluding carboxylic acids is 1. The molecule has 9 nitrogen and oxygen atoms in total. The van der Waals surface area contributed by atoms with Gasteiger partial charge in [0.2, 0.25) is 0 Å². The molecule has 0 aliphatic heterocycles. The van der Waals surface area contributed by atoms with Gasteiger partial charge < -0.3 is 9.73 Å². The monoisotopic (exact) mass is 327 g/mol. The Morgan fingerprint density at radius 1 is 1.21 bits per heavy atom. The molecule has 0 aliphatic carbocycles. The van der Waals surface area contributed by atoms with Gasteiger partial charge in [0.1, 0.15) is 17.6 Å². The van der Waals surface area contributed by atoms with Crippen LogP contribution >= 0.6 is 0 Å². The van der Waals surface area contributed by atoms with Crippen LogP contribution in [0.4, 0.5) is 5.88 Å². The van der Waals surface area contributed by atoms with Crippen molar-refractivity contribution in [2.75, 3.05) is 0 Å². The third kappa shape index (κ3) is 3.64. The van der Waals surface area contributed by atoms with Crippen LogP contribution in [-0.2, 0) is 13.1 Å². The first-order valence-corrected chi connectivity index (χ1v) is 7.04. The van der Waals surface area contributed by atoms with E-state index in [1.165, 1.54) is 12.4 Å². The van der Waals surface area contributed by atoms with E-state index in [2.05, 4.69) is 15.4 Å². The molecule has 3 rings (SSSR count). The molecule has 0 fully saturated rings. The van der Waals surface area contributed by atoms with Crippen molar-refractivity contribution in [1.82, 2.24) is 20.1 Å². The van der Waals surface area contributed by atoms with E-state index in [1.807, 2.05) is 24.3 Å².